The number of benzene rings is 1. The van der Waals surface area contributed by atoms with Crippen LogP contribution in [-0.4, -0.2) is 9.78 Å². The molecule has 0 spiro atoms. The van der Waals surface area contributed by atoms with Crippen LogP contribution >= 0.6 is 27.5 Å². The number of fused-ring (bicyclic) bond motifs is 1. The number of nitrogens with zero attached hydrogens (tertiary/aromatic N) is 2. The van der Waals surface area contributed by atoms with E-state index in [1.165, 1.54) is 36.0 Å². The van der Waals surface area contributed by atoms with Crippen molar-refractivity contribution in [3.05, 3.63) is 51.8 Å². The third-order valence-corrected chi connectivity index (χ3v) is 6.24. The van der Waals surface area contributed by atoms with E-state index in [0.29, 0.717) is 10.7 Å². The lowest BCUT2D eigenvalue weighted by atomic mass is 9.90. The van der Waals surface area contributed by atoms with E-state index < -0.39 is 0 Å². The summed E-state index contributed by atoms with van der Waals surface area (Å²) in [6.07, 6.45) is 4.62. The van der Waals surface area contributed by atoms with E-state index in [1.807, 2.05) is 7.05 Å². The number of alkyl halides is 1. The molecular formula is C17H20BrClN2. The third kappa shape index (κ3) is 2.91. The van der Waals surface area contributed by atoms with Gasteiger partial charge in [-0.25, -0.2) is 0 Å². The van der Waals surface area contributed by atoms with Crippen LogP contribution in [0.4, 0.5) is 0 Å². The Balaban J connectivity index is 1.89. The molecule has 1 aromatic carbocycles. The van der Waals surface area contributed by atoms with Crippen LogP contribution in [0.25, 0.3) is 0 Å². The van der Waals surface area contributed by atoms with Gasteiger partial charge in [0.1, 0.15) is 5.15 Å². The average molecular weight is 368 g/mol. The Morgan fingerprint density at radius 2 is 2.14 bits per heavy atom. The van der Waals surface area contributed by atoms with Crippen molar-refractivity contribution in [1.82, 2.24) is 9.78 Å². The number of aromatic nitrogens is 2. The molecule has 0 N–H and O–H groups in total. The largest absolute Gasteiger partial charge is 0.257 e. The Morgan fingerprint density at radius 1 is 1.38 bits per heavy atom. The van der Waals surface area contributed by atoms with Gasteiger partial charge in [-0.2, -0.15) is 5.10 Å². The fourth-order valence-corrected chi connectivity index (χ4v) is 4.51. The maximum absolute atomic E-state index is 6.41. The highest BCUT2D eigenvalue weighted by molar-refractivity contribution is 9.09. The van der Waals surface area contributed by atoms with Gasteiger partial charge in [-0.05, 0) is 49.7 Å². The highest BCUT2D eigenvalue weighted by atomic mass is 79.9. The minimum atomic E-state index is 0.395. The zero-order valence-corrected chi connectivity index (χ0v) is 14.8. The highest BCUT2D eigenvalue weighted by Crippen LogP contribution is 2.41. The molecule has 1 heterocycles. The lowest BCUT2D eigenvalue weighted by molar-refractivity contribution is 0.474. The van der Waals surface area contributed by atoms with E-state index in [0.717, 1.165) is 17.3 Å². The summed E-state index contributed by atoms with van der Waals surface area (Å²) in [5.74, 6) is 0.564. The van der Waals surface area contributed by atoms with E-state index >= 15 is 0 Å². The van der Waals surface area contributed by atoms with Gasteiger partial charge in [0.2, 0.25) is 0 Å². The Labute approximate surface area is 139 Å². The van der Waals surface area contributed by atoms with Crippen LogP contribution in [0.15, 0.2) is 24.3 Å². The van der Waals surface area contributed by atoms with Gasteiger partial charge in [0.05, 0.1) is 5.69 Å². The molecule has 0 saturated heterocycles. The molecule has 4 heteroatoms. The summed E-state index contributed by atoms with van der Waals surface area (Å²) in [4.78, 5) is 0.395. The van der Waals surface area contributed by atoms with Crippen LogP contribution in [0.2, 0.25) is 5.15 Å². The molecule has 0 radical (unpaired) electrons. The predicted molar refractivity (Wildman–Crippen MR) is 91.2 cm³/mol. The Morgan fingerprint density at radius 3 is 2.86 bits per heavy atom. The van der Waals surface area contributed by atoms with Crippen LogP contribution in [0.3, 0.4) is 0 Å². The minimum absolute atomic E-state index is 0.395. The number of halogens is 2. The number of aryl methyl sites for hydroxylation is 3. The summed E-state index contributed by atoms with van der Waals surface area (Å²) in [5.41, 5.74) is 5.18. The molecular weight excluding hydrogens is 348 g/mol. The average Bonchev–Trinajstić information content (AvgIpc) is 2.63. The van der Waals surface area contributed by atoms with Crippen LogP contribution in [0, 0.1) is 12.8 Å². The monoisotopic (exact) mass is 366 g/mol. The minimum Gasteiger partial charge on any atom is -0.257 e. The third-order valence-electron chi connectivity index (χ3n) is 4.52. The molecule has 0 fully saturated rings. The second-order valence-electron chi connectivity index (χ2n) is 5.94. The number of hydrogen-bond donors (Lipinski definition) is 0. The van der Waals surface area contributed by atoms with Crippen molar-refractivity contribution >= 4 is 27.5 Å². The Hall–Kier alpha value is -0.800. The lowest BCUT2D eigenvalue weighted by Gasteiger charge is -2.21. The first-order valence-electron chi connectivity index (χ1n) is 7.47. The molecule has 0 bridgehead atoms. The quantitative estimate of drug-likeness (QED) is 0.538. The second kappa shape index (κ2) is 6.13. The molecule has 2 aromatic rings. The van der Waals surface area contributed by atoms with Crippen molar-refractivity contribution in [2.75, 3.05) is 0 Å². The van der Waals surface area contributed by atoms with Gasteiger partial charge >= 0.3 is 0 Å². The molecule has 2 unspecified atom stereocenters. The van der Waals surface area contributed by atoms with Crippen LogP contribution in [-0.2, 0) is 19.9 Å². The van der Waals surface area contributed by atoms with E-state index in [9.17, 15) is 0 Å². The second-order valence-corrected chi connectivity index (χ2v) is 7.28. The Kier molecular flexibility index (Phi) is 4.41. The maximum atomic E-state index is 6.41. The summed E-state index contributed by atoms with van der Waals surface area (Å²) in [6, 6.07) is 8.79. The molecule has 2 nitrogen and oxygen atoms in total. The standard InChI is InChI=1S/C17H20BrClN2/c1-11-15(17(19)21(2)20-11)10-13-8-5-7-12-6-3-4-9-14(12)16(13)18/h3-4,6,9,13,16H,5,7-8,10H2,1-2H3. The van der Waals surface area contributed by atoms with E-state index in [1.54, 1.807) is 4.68 Å². The van der Waals surface area contributed by atoms with Crippen LogP contribution in [0.5, 0.6) is 0 Å². The van der Waals surface area contributed by atoms with Crippen LogP contribution < -0.4 is 0 Å². The zero-order valence-electron chi connectivity index (χ0n) is 12.4. The number of hydrogen-bond acceptors (Lipinski definition) is 1. The fourth-order valence-electron chi connectivity index (χ4n) is 3.36. The molecule has 1 aliphatic rings. The SMILES string of the molecule is Cc1nn(C)c(Cl)c1CC1CCCc2ccccc2C1Br. The normalized spacial score (nSPS) is 21.9. The van der Waals surface area contributed by atoms with Crippen LogP contribution in [0.1, 0.15) is 40.1 Å². The maximum Gasteiger partial charge on any atom is 0.130 e. The summed E-state index contributed by atoms with van der Waals surface area (Å²) < 4.78 is 1.78. The zero-order chi connectivity index (χ0) is 15.0. The van der Waals surface area contributed by atoms with Crippen molar-refractivity contribution < 1.29 is 0 Å². The van der Waals surface area contributed by atoms with E-state index in [-0.39, 0.29) is 0 Å². The van der Waals surface area contributed by atoms with Gasteiger partial charge in [-0.3, -0.25) is 4.68 Å². The van der Waals surface area contributed by atoms with Crippen molar-refractivity contribution in [3.63, 3.8) is 0 Å². The van der Waals surface area contributed by atoms with Gasteiger partial charge in [0.25, 0.3) is 0 Å². The van der Waals surface area contributed by atoms with E-state index in [4.69, 9.17) is 11.6 Å². The highest BCUT2D eigenvalue weighted by Gasteiger charge is 2.27. The summed E-state index contributed by atoms with van der Waals surface area (Å²) in [6.45, 7) is 2.05. The topological polar surface area (TPSA) is 17.8 Å². The van der Waals surface area contributed by atoms with Gasteiger partial charge in [0.15, 0.2) is 0 Å². The molecule has 2 atom stereocenters. The molecule has 3 rings (SSSR count). The van der Waals surface area contributed by atoms with Crippen molar-refractivity contribution in [1.29, 1.82) is 0 Å². The Bertz CT molecular complexity index is 650. The summed E-state index contributed by atoms with van der Waals surface area (Å²) in [7, 11) is 1.91. The molecule has 0 aliphatic heterocycles. The van der Waals surface area contributed by atoms with Crippen molar-refractivity contribution in [2.24, 2.45) is 13.0 Å². The first-order chi connectivity index (χ1) is 10.1. The van der Waals surface area contributed by atoms with Gasteiger partial charge in [-0.15, -0.1) is 0 Å². The lowest BCUT2D eigenvalue weighted by Crippen LogP contribution is -2.11. The predicted octanol–water partition coefficient (Wildman–Crippen LogP) is 5.01. The number of rotatable bonds is 2. The van der Waals surface area contributed by atoms with E-state index in [2.05, 4.69) is 52.2 Å². The fraction of sp³-hybridized carbons (Fsp3) is 0.471. The molecule has 112 valence electrons. The van der Waals surface area contributed by atoms with Gasteiger partial charge < -0.3 is 0 Å². The molecule has 0 saturated carbocycles. The molecule has 1 aromatic heterocycles. The summed E-state index contributed by atoms with van der Waals surface area (Å²) >= 11 is 10.4. The molecule has 0 amide bonds. The van der Waals surface area contributed by atoms with Crippen molar-refractivity contribution in [3.8, 4) is 0 Å². The molecule has 21 heavy (non-hydrogen) atoms. The summed E-state index contributed by atoms with van der Waals surface area (Å²) in [5, 5.41) is 5.22. The smallest absolute Gasteiger partial charge is 0.130 e. The van der Waals surface area contributed by atoms with Gasteiger partial charge in [0, 0.05) is 17.4 Å². The van der Waals surface area contributed by atoms with Gasteiger partial charge in [-0.1, -0.05) is 51.8 Å². The molecule has 1 aliphatic carbocycles. The first kappa shape index (κ1) is 15.1. The van der Waals surface area contributed by atoms with Crippen molar-refractivity contribution in [2.45, 2.75) is 37.4 Å². The first-order valence-corrected chi connectivity index (χ1v) is 8.77.